The van der Waals surface area contributed by atoms with E-state index < -0.39 is 29.4 Å². The first kappa shape index (κ1) is 30.5. The van der Waals surface area contributed by atoms with E-state index in [1.54, 1.807) is 46.2 Å². The van der Waals surface area contributed by atoms with Crippen molar-refractivity contribution in [2.75, 3.05) is 41.3 Å². The van der Waals surface area contributed by atoms with Crippen LogP contribution in [0.2, 0.25) is 0 Å². The fourth-order valence-corrected chi connectivity index (χ4v) is 4.84. The molecule has 5 rings (SSSR count). The molecule has 0 aliphatic carbocycles. The first-order valence-corrected chi connectivity index (χ1v) is 13.5. The molecule has 1 aliphatic rings. The quantitative estimate of drug-likeness (QED) is 0.198. The second-order valence-electron chi connectivity index (χ2n) is 10.0. The fraction of sp³-hybridized carbons (Fsp3) is 0.226. The average molecular weight is 617 g/mol. The standard InChI is InChI=1S/C31H26F6N4O3/c32-30(33,34)22-4-2-5-24(16-22)40-11-13-41(14-12-40)27-9-8-23(17-26(27)31(35,36)37)38-18-20-3-1-6-25(15-20)44-28-10-7-21(19-39-28)29(42)43/h1-10,15-17,19,38H,11-14,18H2,(H,42,43). The fourth-order valence-electron chi connectivity index (χ4n) is 4.84. The summed E-state index contributed by atoms with van der Waals surface area (Å²) in [6.07, 6.45) is -7.95. The molecule has 0 atom stereocenters. The van der Waals surface area contributed by atoms with E-state index in [1.807, 2.05) is 0 Å². The number of carbonyl (C=O) groups is 1. The number of alkyl halides is 6. The molecule has 0 saturated carbocycles. The molecule has 2 heterocycles. The number of nitrogens with one attached hydrogen (secondary N) is 1. The average Bonchev–Trinajstić information content (AvgIpc) is 3.00. The number of rotatable bonds is 8. The number of hydrogen-bond donors (Lipinski definition) is 2. The highest BCUT2D eigenvalue weighted by Gasteiger charge is 2.36. The highest BCUT2D eigenvalue weighted by Crippen LogP contribution is 2.39. The minimum atomic E-state index is -4.64. The van der Waals surface area contributed by atoms with Crippen LogP contribution < -0.4 is 19.9 Å². The Morgan fingerprint density at radius 2 is 1.57 bits per heavy atom. The molecule has 1 aromatic heterocycles. The summed E-state index contributed by atoms with van der Waals surface area (Å²) in [7, 11) is 0. The van der Waals surface area contributed by atoms with Gasteiger partial charge in [0, 0.05) is 62.0 Å². The van der Waals surface area contributed by atoms with Crippen molar-refractivity contribution in [3.05, 3.63) is 107 Å². The van der Waals surface area contributed by atoms with Crippen LogP contribution in [0.15, 0.2) is 85.1 Å². The molecule has 13 heteroatoms. The summed E-state index contributed by atoms with van der Waals surface area (Å²) >= 11 is 0. The zero-order chi connectivity index (χ0) is 31.5. The normalized spacial score (nSPS) is 14.0. The van der Waals surface area contributed by atoms with E-state index in [9.17, 15) is 31.1 Å². The molecular formula is C31H26F6N4O3. The maximum absolute atomic E-state index is 14.1. The highest BCUT2D eigenvalue weighted by atomic mass is 19.4. The minimum Gasteiger partial charge on any atom is -0.478 e. The Morgan fingerprint density at radius 1 is 0.841 bits per heavy atom. The van der Waals surface area contributed by atoms with Crippen molar-refractivity contribution in [3.63, 3.8) is 0 Å². The molecule has 0 amide bonds. The lowest BCUT2D eigenvalue weighted by Gasteiger charge is -2.38. The van der Waals surface area contributed by atoms with Gasteiger partial charge in [0.05, 0.1) is 16.7 Å². The molecule has 0 spiro atoms. The number of aromatic nitrogens is 1. The maximum atomic E-state index is 14.1. The summed E-state index contributed by atoms with van der Waals surface area (Å²) in [5, 5.41) is 12.0. The molecule has 7 nitrogen and oxygen atoms in total. The number of nitrogens with zero attached hydrogens (tertiary/aromatic N) is 3. The number of hydrogen-bond acceptors (Lipinski definition) is 6. The van der Waals surface area contributed by atoms with Gasteiger partial charge in [-0.3, -0.25) is 0 Å². The Kier molecular flexibility index (Phi) is 8.56. The van der Waals surface area contributed by atoms with Gasteiger partial charge in [-0.25, -0.2) is 9.78 Å². The van der Waals surface area contributed by atoms with Gasteiger partial charge < -0.3 is 25.0 Å². The van der Waals surface area contributed by atoms with E-state index in [2.05, 4.69) is 10.3 Å². The first-order chi connectivity index (χ1) is 20.9. The van der Waals surface area contributed by atoms with Crippen LogP contribution in [0.1, 0.15) is 27.0 Å². The topological polar surface area (TPSA) is 77.9 Å². The van der Waals surface area contributed by atoms with Gasteiger partial charge in [-0.1, -0.05) is 18.2 Å². The van der Waals surface area contributed by atoms with Crippen molar-refractivity contribution < 1.29 is 41.0 Å². The molecule has 3 aromatic carbocycles. The molecule has 1 aliphatic heterocycles. The van der Waals surface area contributed by atoms with Crippen molar-refractivity contribution in [2.45, 2.75) is 18.9 Å². The lowest BCUT2D eigenvalue weighted by Crippen LogP contribution is -2.47. The van der Waals surface area contributed by atoms with Crippen molar-refractivity contribution in [1.82, 2.24) is 4.98 Å². The van der Waals surface area contributed by atoms with E-state index in [4.69, 9.17) is 9.84 Å². The van der Waals surface area contributed by atoms with Crippen molar-refractivity contribution in [2.24, 2.45) is 0 Å². The number of halogens is 6. The van der Waals surface area contributed by atoms with Gasteiger partial charge in [0.1, 0.15) is 5.75 Å². The molecule has 0 radical (unpaired) electrons. The van der Waals surface area contributed by atoms with Crippen LogP contribution >= 0.6 is 0 Å². The van der Waals surface area contributed by atoms with Gasteiger partial charge in [-0.2, -0.15) is 26.3 Å². The number of carboxylic acids is 1. The molecule has 44 heavy (non-hydrogen) atoms. The van der Waals surface area contributed by atoms with Crippen LogP contribution in [-0.2, 0) is 18.9 Å². The Bertz CT molecular complexity index is 1620. The number of anilines is 3. The molecule has 1 saturated heterocycles. The zero-order valence-corrected chi connectivity index (χ0v) is 23.0. The molecule has 2 N–H and O–H groups in total. The number of pyridine rings is 1. The van der Waals surface area contributed by atoms with Crippen molar-refractivity contribution >= 4 is 23.0 Å². The second-order valence-corrected chi connectivity index (χ2v) is 10.0. The first-order valence-electron chi connectivity index (χ1n) is 13.5. The van der Waals surface area contributed by atoms with Crippen LogP contribution in [0, 0.1) is 0 Å². The minimum absolute atomic E-state index is 0.00329. The third-order valence-electron chi connectivity index (χ3n) is 7.06. The van der Waals surface area contributed by atoms with Crippen LogP contribution in [0.3, 0.4) is 0 Å². The van der Waals surface area contributed by atoms with E-state index >= 15 is 0 Å². The number of carboxylic acid groups (broad SMARTS) is 1. The third kappa shape index (κ3) is 7.33. The van der Waals surface area contributed by atoms with Gasteiger partial charge in [-0.15, -0.1) is 0 Å². The molecule has 4 aromatic rings. The van der Waals surface area contributed by atoms with Crippen molar-refractivity contribution in [1.29, 1.82) is 0 Å². The van der Waals surface area contributed by atoms with Crippen LogP contribution in [-0.4, -0.2) is 42.2 Å². The maximum Gasteiger partial charge on any atom is 0.418 e. The van der Waals surface area contributed by atoms with Crippen molar-refractivity contribution in [3.8, 4) is 11.6 Å². The van der Waals surface area contributed by atoms with E-state index in [0.29, 0.717) is 17.0 Å². The molecule has 1 fully saturated rings. The predicted molar refractivity (Wildman–Crippen MR) is 152 cm³/mol. The largest absolute Gasteiger partial charge is 0.478 e. The molecule has 230 valence electrons. The third-order valence-corrected chi connectivity index (χ3v) is 7.06. The van der Waals surface area contributed by atoms with Gasteiger partial charge >= 0.3 is 18.3 Å². The van der Waals surface area contributed by atoms with E-state index in [-0.39, 0.29) is 55.5 Å². The Morgan fingerprint density at radius 3 is 2.23 bits per heavy atom. The monoisotopic (exact) mass is 616 g/mol. The number of ether oxygens (including phenoxy) is 1. The SMILES string of the molecule is O=C(O)c1ccc(Oc2cccc(CNc3ccc(N4CCN(c5cccc(C(F)(F)F)c5)CC4)c(C(F)(F)F)c3)c2)nc1. The summed E-state index contributed by atoms with van der Waals surface area (Å²) < 4.78 is 87.5. The summed E-state index contributed by atoms with van der Waals surface area (Å²) in [5.41, 5.74) is -0.238. The van der Waals surface area contributed by atoms with Crippen LogP contribution in [0.25, 0.3) is 0 Å². The summed E-state index contributed by atoms with van der Waals surface area (Å²) in [6.45, 7) is 1.11. The molecule has 0 bridgehead atoms. The highest BCUT2D eigenvalue weighted by molar-refractivity contribution is 5.87. The van der Waals surface area contributed by atoms with Crippen LogP contribution in [0.4, 0.5) is 43.4 Å². The lowest BCUT2D eigenvalue weighted by molar-refractivity contribution is -0.138. The zero-order valence-electron chi connectivity index (χ0n) is 23.0. The van der Waals surface area contributed by atoms with Crippen LogP contribution in [0.5, 0.6) is 11.6 Å². The van der Waals surface area contributed by atoms with E-state index in [1.165, 1.54) is 30.5 Å². The molecule has 0 unspecified atom stereocenters. The number of piperazine rings is 1. The van der Waals surface area contributed by atoms with Gasteiger partial charge in [-0.05, 0) is 60.2 Å². The van der Waals surface area contributed by atoms with E-state index in [0.717, 1.165) is 18.2 Å². The lowest BCUT2D eigenvalue weighted by atomic mass is 10.1. The van der Waals surface area contributed by atoms with Gasteiger partial charge in [0.25, 0.3) is 0 Å². The Balaban J connectivity index is 1.24. The Hall–Kier alpha value is -4.94. The predicted octanol–water partition coefficient (Wildman–Crippen LogP) is 7.55. The Labute approximate surface area is 248 Å². The second kappa shape index (κ2) is 12.3. The van der Waals surface area contributed by atoms with Gasteiger partial charge in [0.2, 0.25) is 5.88 Å². The number of benzene rings is 3. The summed E-state index contributed by atoms with van der Waals surface area (Å²) in [4.78, 5) is 18.3. The summed E-state index contributed by atoms with van der Waals surface area (Å²) in [6, 6.07) is 18.5. The van der Waals surface area contributed by atoms with Gasteiger partial charge in [0.15, 0.2) is 0 Å². The smallest absolute Gasteiger partial charge is 0.418 e. The molecular weight excluding hydrogens is 590 g/mol. The number of aromatic carboxylic acids is 1. The summed E-state index contributed by atoms with van der Waals surface area (Å²) in [5.74, 6) is -0.521.